The van der Waals surface area contributed by atoms with Crippen LogP contribution in [0.3, 0.4) is 0 Å². The second kappa shape index (κ2) is 8.85. The van der Waals surface area contributed by atoms with Crippen LogP contribution in [0.25, 0.3) is 0 Å². The van der Waals surface area contributed by atoms with E-state index in [2.05, 4.69) is 15.9 Å². The van der Waals surface area contributed by atoms with Crippen LogP contribution in [0.4, 0.5) is 0 Å². The monoisotopic (exact) mass is 453 g/mol. The van der Waals surface area contributed by atoms with Crippen LogP contribution >= 0.6 is 27.5 Å². The van der Waals surface area contributed by atoms with Crippen LogP contribution in [0.1, 0.15) is 24.4 Å². The van der Waals surface area contributed by atoms with Crippen molar-refractivity contribution >= 4 is 33.4 Å². The van der Waals surface area contributed by atoms with Gasteiger partial charge in [0, 0.05) is 23.2 Å². The molecule has 0 aromatic heterocycles. The van der Waals surface area contributed by atoms with Crippen molar-refractivity contribution in [1.82, 2.24) is 4.90 Å². The lowest BCUT2D eigenvalue weighted by atomic mass is 10.0. The summed E-state index contributed by atoms with van der Waals surface area (Å²) in [4.78, 5) is 14.7. The minimum atomic E-state index is -0.0581. The second-order valence-electron chi connectivity index (χ2n) is 6.22. The Morgan fingerprint density at radius 1 is 1.19 bits per heavy atom. The lowest BCUT2D eigenvalue weighted by Crippen LogP contribution is -2.34. The largest absolute Gasteiger partial charge is 0.497 e. The van der Waals surface area contributed by atoms with Crippen LogP contribution in [-0.4, -0.2) is 38.2 Å². The number of benzene rings is 2. The number of amides is 1. The average Bonchev–Trinajstić information content (AvgIpc) is 3.16. The second-order valence-corrected chi connectivity index (χ2v) is 7.51. The highest BCUT2D eigenvalue weighted by Crippen LogP contribution is 2.38. The Labute approximate surface area is 172 Å². The molecule has 1 amide bonds. The van der Waals surface area contributed by atoms with E-state index in [-0.39, 0.29) is 18.6 Å². The summed E-state index contributed by atoms with van der Waals surface area (Å²) in [6.07, 6.45) is 1.83. The van der Waals surface area contributed by atoms with Crippen LogP contribution in [0.5, 0.6) is 17.2 Å². The highest BCUT2D eigenvalue weighted by Gasteiger charge is 2.32. The molecule has 3 rings (SSSR count). The molecule has 5 nitrogen and oxygen atoms in total. The van der Waals surface area contributed by atoms with E-state index in [1.54, 1.807) is 32.4 Å². The summed E-state index contributed by atoms with van der Waals surface area (Å²) >= 11 is 9.34. The van der Waals surface area contributed by atoms with Crippen LogP contribution in [-0.2, 0) is 4.79 Å². The van der Waals surface area contributed by atoms with Crippen LogP contribution in [0, 0.1) is 0 Å². The van der Waals surface area contributed by atoms with E-state index in [1.807, 2.05) is 23.1 Å². The first-order chi connectivity index (χ1) is 13.0. The van der Waals surface area contributed by atoms with Gasteiger partial charge >= 0.3 is 0 Å². The van der Waals surface area contributed by atoms with E-state index in [9.17, 15) is 4.79 Å². The average molecular weight is 455 g/mol. The maximum atomic E-state index is 12.8. The van der Waals surface area contributed by atoms with Gasteiger partial charge in [0.15, 0.2) is 6.61 Å². The number of hydrogen-bond acceptors (Lipinski definition) is 4. The molecule has 0 radical (unpaired) electrons. The number of carbonyl (C=O) groups is 1. The summed E-state index contributed by atoms with van der Waals surface area (Å²) in [6.45, 7) is 0.666. The van der Waals surface area contributed by atoms with Gasteiger partial charge in [-0.15, -0.1) is 0 Å². The first-order valence-corrected chi connectivity index (χ1v) is 9.80. The van der Waals surface area contributed by atoms with E-state index < -0.39 is 0 Å². The van der Waals surface area contributed by atoms with Crippen molar-refractivity contribution in [2.45, 2.75) is 18.9 Å². The molecule has 1 aliphatic rings. The molecule has 1 fully saturated rings. The van der Waals surface area contributed by atoms with Gasteiger partial charge in [0.05, 0.1) is 24.7 Å². The molecular weight excluding hydrogens is 434 g/mol. The summed E-state index contributed by atoms with van der Waals surface area (Å²) in [6, 6.07) is 10.9. The molecule has 0 aliphatic carbocycles. The van der Waals surface area contributed by atoms with Crippen LogP contribution < -0.4 is 14.2 Å². The first-order valence-electron chi connectivity index (χ1n) is 8.62. The third-order valence-electron chi connectivity index (χ3n) is 4.62. The minimum Gasteiger partial charge on any atom is -0.497 e. The lowest BCUT2D eigenvalue weighted by molar-refractivity contribution is -0.134. The molecule has 0 saturated carbocycles. The zero-order valence-electron chi connectivity index (χ0n) is 15.2. The Morgan fingerprint density at radius 2 is 2.00 bits per heavy atom. The fourth-order valence-electron chi connectivity index (χ4n) is 3.30. The third-order valence-corrected chi connectivity index (χ3v) is 5.47. The third kappa shape index (κ3) is 4.50. The molecular formula is C20H21BrClNO4. The van der Waals surface area contributed by atoms with Crippen LogP contribution in [0.2, 0.25) is 5.02 Å². The zero-order chi connectivity index (χ0) is 19.4. The predicted octanol–water partition coefficient (Wildman–Crippen LogP) is 4.86. The van der Waals surface area contributed by atoms with Crippen molar-refractivity contribution in [2.75, 3.05) is 27.4 Å². The summed E-state index contributed by atoms with van der Waals surface area (Å²) in [5.41, 5.74) is 0.983. The highest BCUT2D eigenvalue weighted by molar-refractivity contribution is 9.10. The molecule has 0 N–H and O–H groups in total. The SMILES string of the molecule is COc1ccc([C@@H]2CCCN2C(=O)COc2ccc(Cl)cc2Br)c(OC)c1. The maximum absolute atomic E-state index is 12.8. The summed E-state index contributed by atoms with van der Waals surface area (Å²) in [5.74, 6) is 1.98. The predicted molar refractivity (Wildman–Crippen MR) is 108 cm³/mol. The Bertz CT molecular complexity index is 830. The quantitative estimate of drug-likeness (QED) is 0.625. The number of carbonyl (C=O) groups excluding carboxylic acids is 1. The molecule has 0 bridgehead atoms. The molecule has 2 aromatic rings. The topological polar surface area (TPSA) is 48.0 Å². The Kier molecular flexibility index (Phi) is 6.50. The number of rotatable bonds is 6. The van der Waals surface area contributed by atoms with E-state index in [0.717, 1.165) is 34.4 Å². The maximum Gasteiger partial charge on any atom is 0.261 e. The van der Waals surface area contributed by atoms with Gasteiger partial charge in [0.2, 0.25) is 0 Å². The molecule has 7 heteroatoms. The van der Waals surface area contributed by atoms with Crippen molar-refractivity contribution in [3.8, 4) is 17.2 Å². The molecule has 1 atom stereocenters. The Hall–Kier alpha value is -1.92. The lowest BCUT2D eigenvalue weighted by Gasteiger charge is -2.26. The number of halogens is 2. The number of methoxy groups -OCH3 is 2. The first kappa shape index (κ1) is 19.8. The standard InChI is InChI=1S/C20H21BrClNO4/c1-25-14-6-7-15(19(11-14)26-2)17-4-3-9-23(17)20(24)12-27-18-8-5-13(22)10-16(18)21/h5-8,10-11,17H,3-4,9,12H2,1-2H3/t17-/m0/s1. The van der Waals surface area contributed by atoms with Gasteiger partial charge in [-0.05, 0) is 59.1 Å². The summed E-state index contributed by atoms with van der Waals surface area (Å²) in [5, 5.41) is 0.603. The molecule has 0 spiro atoms. The number of hydrogen-bond donors (Lipinski definition) is 0. The fourth-order valence-corrected chi connectivity index (χ4v) is 4.09. The van der Waals surface area contributed by atoms with Crippen LogP contribution in [0.15, 0.2) is 40.9 Å². The molecule has 27 heavy (non-hydrogen) atoms. The normalized spacial score (nSPS) is 16.3. The smallest absolute Gasteiger partial charge is 0.261 e. The van der Waals surface area contributed by atoms with E-state index in [4.69, 9.17) is 25.8 Å². The van der Waals surface area contributed by atoms with E-state index in [0.29, 0.717) is 17.3 Å². The van der Waals surface area contributed by atoms with Gasteiger partial charge in [-0.2, -0.15) is 0 Å². The van der Waals surface area contributed by atoms with Gasteiger partial charge in [-0.1, -0.05) is 11.6 Å². The highest BCUT2D eigenvalue weighted by atomic mass is 79.9. The molecule has 2 aromatic carbocycles. The van der Waals surface area contributed by atoms with Crippen molar-refractivity contribution in [3.05, 3.63) is 51.5 Å². The van der Waals surface area contributed by atoms with Crippen molar-refractivity contribution < 1.29 is 19.0 Å². The Balaban J connectivity index is 1.73. The number of likely N-dealkylation sites (tertiary alicyclic amines) is 1. The molecule has 1 heterocycles. The molecule has 1 aliphatic heterocycles. The minimum absolute atomic E-state index is 0.0318. The van der Waals surface area contributed by atoms with Crippen molar-refractivity contribution in [2.24, 2.45) is 0 Å². The van der Waals surface area contributed by atoms with Gasteiger partial charge < -0.3 is 19.1 Å². The van der Waals surface area contributed by atoms with Gasteiger partial charge in [0.1, 0.15) is 17.2 Å². The molecule has 0 unspecified atom stereocenters. The van der Waals surface area contributed by atoms with E-state index in [1.165, 1.54) is 0 Å². The summed E-state index contributed by atoms with van der Waals surface area (Å²) < 4.78 is 17.2. The van der Waals surface area contributed by atoms with Gasteiger partial charge in [-0.3, -0.25) is 4.79 Å². The molecule has 1 saturated heterocycles. The van der Waals surface area contributed by atoms with Gasteiger partial charge in [-0.25, -0.2) is 0 Å². The zero-order valence-corrected chi connectivity index (χ0v) is 17.5. The Morgan fingerprint density at radius 3 is 2.70 bits per heavy atom. The van der Waals surface area contributed by atoms with Crippen molar-refractivity contribution in [1.29, 1.82) is 0 Å². The van der Waals surface area contributed by atoms with Crippen molar-refractivity contribution in [3.63, 3.8) is 0 Å². The number of ether oxygens (including phenoxy) is 3. The fraction of sp³-hybridized carbons (Fsp3) is 0.350. The van der Waals surface area contributed by atoms with E-state index >= 15 is 0 Å². The summed E-state index contributed by atoms with van der Waals surface area (Å²) in [7, 11) is 3.24. The number of nitrogens with zero attached hydrogens (tertiary/aromatic N) is 1. The molecule has 144 valence electrons. The van der Waals surface area contributed by atoms with Gasteiger partial charge in [0.25, 0.3) is 5.91 Å².